The van der Waals surface area contributed by atoms with E-state index in [1.54, 1.807) is 4.90 Å². The zero-order chi connectivity index (χ0) is 16.1. The van der Waals surface area contributed by atoms with Gasteiger partial charge in [0.05, 0.1) is 11.5 Å². The van der Waals surface area contributed by atoms with E-state index in [1.165, 1.54) is 24.3 Å². The van der Waals surface area contributed by atoms with Gasteiger partial charge in [-0.1, -0.05) is 13.0 Å². The van der Waals surface area contributed by atoms with Crippen LogP contribution in [0.25, 0.3) is 0 Å². The van der Waals surface area contributed by atoms with Crippen LogP contribution in [0.3, 0.4) is 0 Å². The predicted octanol–water partition coefficient (Wildman–Crippen LogP) is 1.58. The third kappa shape index (κ3) is 4.03. The summed E-state index contributed by atoms with van der Waals surface area (Å²) in [5, 5.41) is 13.2. The highest BCUT2D eigenvalue weighted by molar-refractivity contribution is 5.96. The summed E-state index contributed by atoms with van der Waals surface area (Å²) >= 11 is 0. The number of rotatable bonds is 4. The van der Waals surface area contributed by atoms with Gasteiger partial charge in [-0.3, -0.25) is 19.7 Å². The maximum Gasteiger partial charge on any atom is 0.270 e. The number of benzene rings is 1. The Labute approximate surface area is 128 Å². The molecule has 1 aliphatic rings. The molecule has 0 aliphatic carbocycles. The Hall–Kier alpha value is -2.44. The zero-order valence-corrected chi connectivity index (χ0v) is 12.4. The topological polar surface area (TPSA) is 92.6 Å². The van der Waals surface area contributed by atoms with Crippen molar-refractivity contribution in [3.05, 3.63) is 39.9 Å². The van der Waals surface area contributed by atoms with E-state index >= 15 is 0 Å². The number of nitro groups is 1. The first-order valence-electron chi connectivity index (χ1n) is 7.28. The summed E-state index contributed by atoms with van der Waals surface area (Å²) in [6, 6.07) is 5.44. The summed E-state index contributed by atoms with van der Waals surface area (Å²) in [4.78, 5) is 35.9. The molecule has 1 fully saturated rings. The van der Waals surface area contributed by atoms with Crippen molar-refractivity contribution in [2.24, 2.45) is 5.92 Å². The van der Waals surface area contributed by atoms with Crippen molar-refractivity contribution in [3.63, 3.8) is 0 Å². The SMILES string of the molecule is CC1CCCN(C(=O)CNC(=O)c2cccc([N+](=O)[O-])c2)C1. The second-order valence-corrected chi connectivity index (χ2v) is 5.58. The molecule has 118 valence electrons. The number of likely N-dealkylation sites (tertiary alicyclic amines) is 1. The van der Waals surface area contributed by atoms with Gasteiger partial charge in [-0.2, -0.15) is 0 Å². The summed E-state index contributed by atoms with van der Waals surface area (Å²) < 4.78 is 0. The van der Waals surface area contributed by atoms with Crippen molar-refractivity contribution >= 4 is 17.5 Å². The van der Waals surface area contributed by atoms with E-state index in [9.17, 15) is 19.7 Å². The maximum atomic E-state index is 12.1. The van der Waals surface area contributed by atoms with E-state index in [2.05, 4.69) is 12.2 Å². The van der Waals surface area contributed by atoms with Crippen LogP contribution >= 0.6 is 0 Å². The lowest BCUT2D eigenvalue weighted by Crippen LogP contribution is -2.44. The molecule has 1 aromatic rings. The van der Waals surface area contributed by atoms with Gasteiger partial charge >= 0.3 is 0 Å². The fraction of sp³-hybridized carbons (Fsp3) is 0.467. The van der Waals surface area contributed by atoms with Crippen LogP contribution in [0.4, 0.5) is 5.69 Å². The van der Waals surface area contributed by atoms with Gasteiger partial charge in [0.15, 0.2) is 0 Å². The minimum absolute atomic E-state index is 0.0890. The molecule has 0 bridgehead atoms. The molecule has 0 radical (unpaired) electrons. The summed E-state index contributed by atoms with van der Waals surface area (Å²) in [6.07, 6.45) is 2.09. The van der Waals surface area contributed by atoms with Gasteiger partial charge in [0.2, 0.25) is 5.91 Å². The van der Waals surface area contributed by atoms with Crippen LogP contribution in [-0.4, -0.2) is 41.3 Å². The number of carbonyl (C=O) groups is 2. The van der Waals surface area contributed by atoms with Crippen LogP contribution in [-0.2, 0) is 4.79 Å². The van der Waals surface area contributed by atoms with Gasteiger partial charge in [-0.25, -0.2) is 0 Å². The van der Waals surface area contributed by atoms with Crippen molar-refractivity contribution in [1.29, 1.82) is 0 Å². The number of hydrogen-bond acceptors (Lipinski definition) is 4. The summed E-state index contributed by atoms with van der Waals surface area (Å²) in [5.41, 5.74) is 0.0258. The largest absolute Gasteiger partial charge is 0.343 e. The first-order chi connectivity index (χ1) is 10.5. The lowest BCUT2D eigenvalue weighted by atomic mass is 10.0. The van der Waals surface area contributed by atoms with Crippen molar-refractivity contribution < 1.29 is 14.5 Å². The van der Waals surface area contributed by atoms with Crippen LogP contribution in [0.5, 0.6) is 0 Å². The fourth-order valence-electron chi connectivity index (χ4n) is 2.55. The first kappa shape index (κ1) is 15.9. The van der Waals surface area contributed by atoms with Gasteiger partial charge in [-0.05, 0) is 24.8 Å². The van der Waals surface area contributed by atoms with Crippen LogP contribution in [0.2, 0.25) is 0 Å². The number of non-ortho nitro benzene ring substituents is 1. The third-order valence-corrected chi connectivity index (χ3v) is 3.73. The van der Waals surface area contributed by atoms with Gasteiger partial charge < -0.3 is 10.2 Å². The summed E-state index contributed by atoms with van der Waals surface area (Å²) in [7, 11) is 0. The molecule has 1 heterocycles. The smallest absolute Gasteiger partial charge is 0.270 e. The molecule has 7 heteroatoms. The molecule has 0 aromatic heterocycles. The van der Waals surface area contributed by atoms with E-state index < -0.39 is 10.8 Å². The van der Waals surface area contributed by atoms with Crippen LogP contribution < -0.4 is 5.32 Å². The number of nitrogens with one attached hydrogen (secondary N) is 1. The van der Waals surface area contributed by atoms with Crippen molar-refractivity contribution in [2.75, 3.05) is 19.6 Å². The molecule has 0 saturated carbocycles. The zero-order valence-electron chi connectivity index (χ0n) is 12.4. The van der Waals surface area contributed by atoms with Crippen molar-refractivity contribution in [2.45, 2.75) is 19.8 Å². The number of amides is 2. The minimum Gasteiger partial charge on any atom is -0.343 e. The lowest BCUT2D eigenvalue weighted by molar-refractivity contribution is -0.384. The minimum atomic E-state index is -0.558. The Balaban J connectivity index is 1.91. The van der Waals surface area contributed by atoms with E-state index in [0.29, 0.717) is 12.5 Å². The standard InChI is InChI=1S/C15H19N3O4/c1-11-4-3-7-17(10-11)14(19)9-16-15(20)12-5-2-6-13(8-12)18(21)22/h2,5-6,8,11H,3-4,7,9-10H2,1H3,(H,16,20). The number of nitro benzene ring substituents is 1. The molecular formula is C15H19N3O4. The lowest BCUT2D eigenvalue weighted by Gasteiger charge is -2.31. The number of carbonyl (C=O) groups excluding carboxylic acids is 2. The second kappa shape index (κ2) is 7.02. The van der Waals surface area contributed by atoms with E-state index in [4.69, 9.17) is 0 Å². The monoisotopic (exact) mass is 305 g/mol. The Kier molecular flexibility index (Phi) is 5.08. The molecule has 1 aliphatic heterocycles. The molecule has 2 amide bonds. The van der Waals surface area contributed by atoms with Crippen LogP contribution in [0.15, 0.2) is 24.3 Å². The maximum absolute atomic E-state index is 12.1. The van der Waals surface area contributed by atoms with Gasteiger partial charge in [0.25, 0.3) is 11.6 Å². The third-order valence-electron chi connectivity index (χ3n) is 3.73. The Bertz CT molecular complexity index is 588. The number of nitrogens with zero attached hydrogens (tertiary/aromatic N) is 2. The highest BCUT2D eigenvalue weighted by Crippen LogP contribution is 2.15. The normalized spacial score (nSPS) is 17.9. The molecule has 0 spiro atoms. The average molecular weight is 305 g/mol. The van der Waals surface area contributed by atoms with E-state index in [0.717, 1.165) is 19.4 Å². The van der Waals surface area contributed by atoms with Crippen LogP contribution in [0.1, 0.15) is 30.1 Å². The first-order valence-corrected chi connectivity index (χ1v) is 7.28. The second-order valence-electron chi connectivity index (χ2n) is 5.58. The summed E-state index contributed by atoms with van der Waals surface area (Å²) in [6.45, 7) is 3.44. The van der Waals surface area contributed by atoms with E-state index in [-0.39, 0.29) is 23.7 Å². The quantitative estimate of drug-likeness (QED) is 0.675. The molecule has 1 unspecified atom stereocenters. The van der Waals surface area contributed by atoms with Crippen LogP contribution in [0, 0.1) is 16.0 Å². The Morgan fingerprint density at radius 1 is 1.45 bits per heavy atom. The van der Waals surface area contributed by atoms with Gasteiger partial charge in [0, 0.05) is 30.8 Å². The Morgan fingerprint density at radius 2 is 2.23 bits per heavy atom. The molecular weight excluding hydrogens is 286 g/mol. The molecule has 7 nitrogen and oxygen atoms in total. The number of hydrogen-bond donors (Lipinski definition) is 1. The van der Waals surface area contributed by atoms with Gasteiger partial charge in [-0.15, -0.1) is 0 Å². The fourth-order valence-corrected chi connectivity index (χ4v) is 2.55. The van der Waals surface area contributed by atoms with E-state index in [1.807, 2.05) is 0 Å². The molecule has 22 heavy (non-hydrogen) atoms. The van der Waals surface area contributed by atoms with Gasteiger partial charge in [0.1, 0.15) is 0 Å². The predicted molar refractivity (Wildman–Crippen MR) is 80.4 cm³/mol. The average Bonchev–Trinajstić information content (AvgIpc) is 2.52. The van der Waals surface area contributed by atoms with Crippen molar-refractivity contribution in [1.82, 2.24) is 10.2 Å². The highest BCUT2D eigenvalue weighted by atomic mass is 16.6. The summed E-state index contributed by atoms with van der Waals surface area (Å²) in [5.74, 6) is -0.127. The molecule has 1 saturated heterocycles. The molecule has 2 rings (SSSR count). The molecule has 1 N–H and O–H groups in total. The Morgan fingerprint density at radius 3 is 2.91 bits per heavy atom. The molecule has 1 aromatic carbocycles. The highest BCUT2D eigenvalue weighted by Gasteiger charge is 2.21. The molecule has 1 atom stereocenters. The number of piperidine rings is 1. The van der Waals surface area contributed by atoms with Crippen molar-refractivity contribution in [3.8, 4) is 0 Å².